The smallest absolute Gasteiger partial charge is 0.409 e. The third-order valence-electron chi connectivity index (χ3n) is 8.57. The standard InChI is InChI=1S/C29H41Cl2N5O8S/c1-33-12-14-35(15-13-33)29(40)44-19-20-7-10-34(11-8-20)26(37)6-5-24(28(39)43-2)32-27(38)25-4-3-9-36(25)45(41,42)23-17-21(30)16-22(31)18-23/h16-18,20,24-25H,3-15,19H2,1-2H3,(H,32,38)/t24-,25+/m0/s1. The first-order valence-electron chi connectivity index (χ1n) is 15.1. The third kappa shape index (κ3) is 9.22. The molecule has 0 bridgehead atoms. The Bertz CT molecular complexity index is 1330. The molecule has 1 aromatic rings. The van der Waals surface area contributed by atoms with Gasteiger partial charge in [0.15, 0.2) is 0 Å². The number of ether oxygens (including phenoxy) is 2. The van der Waals surface area contributed by atoms with Crippen LogP contribution in [0.1, 0.15) is 38.5 Å². The van der Waals surface area contributed by atoms with Gasteiger partial charge in [-0.2, -0.15) is 4.31 Å². The second-order valence-corrected chi connectivity index (χ2v) is 14.5. The van der Waals surface area contributed by atoms with E-state index >= 15 is 0 Å². The van der Waals surface area contributed by atoms with Crippen LogP contribution >= 0.6 is 23.2 Å². The summed E-state index contributed by atoms with van der Waals surface area (Å²) in [5, 5.41) is 2.90. The van der Waals surface area contributed by atoms with Gasteiger partial charge in [0.1, 0.15) is 12.1 Å². The Kier molecular flexibility index (Phi) is 12.3. The number of hydrogen-bond donors (Lipinski definition) is 1. The normalized spacial score (nSPS) is 20.9. The number of likely N-dealkylation sites (tertiary alicyclic amines) is 1. The van der Waals surface area contributed by atoms with E-state index in [-0.39, 0.29) is 58.7 Å². The second kappa shape index (κ2) is 15.8. The van der Waals surface area contributed by atoms with E-state index in [9.17, 15) is 27.6 Å². The van der Waals surface area contributed by atoms with Crippen molar-refractivity contribution in [2.75, 3.05) is 66.6 Å². The van der Waals surface area contributed by atoms with E-state index in [1.54, 1.807) is 9.80 Å². The maximum Gasteiger partial charge on any atom is 0.409 e. The van der Waals surface area contributed by atoms with Crippen molar-refractivity contribution >= 4 is 57.1 Å². The van der Waals surface area contributed by atoms with E-state index in [0.717, 1.165) is 17.4 Å². The van der Waals surface area contributed by atoms with E-state index < -0.39 is 34.0 Å². The highest BCUT2D eigenvalue weighted by Gasteiger charge is 2.41. The van der Waals surface area contributed by atoms with Gasteiger partial charge in [0.05, 0.1) is 18.6 Å². The minimum Gasteiger partial charge on any atom is -0.467 e. The van der Waals surface area contributed by atoms with Crippen LogP contribution in [0.5, 0.6) is 0 Å². The summed E-state index contributed by atoms with van der Waals surface area (Å²) < 4.78 is 38.2. The summed E-state index contributed by atoms with van der Waals surface area (Å²) in [6, 6.07) is 1.75. The topological polar surface area (TPSA) is 146 Å². The van der Waals surface area contributed by atoms with Crippen LogP contribution in [0.15, 0.2) is 23.1 Å². The molecule has 0 radical (unpaired) electrons. The predicted octanol–water partition coefficient (Wildman–Crippen LogP) is 2.21. The van der Waals surface area contributed by atoms with Gasteiger partial charge in [0.25, 0.3) is 0 Å². The summed E-state index contributed by atoms with van der Waals surface area (Å²) >= 11 is 12.0. The lowest BCUT2D eigenvalue weighted by Gasteiger charge is -2.34. The molecule has 3 aliphatic heterocycles. The molecule has 13 nitrogen and oxygen atoms in total. The molecule has 16 heteroatoms. The first kappa shape index (κ1) is 35.2. The van der Waals surface area contributed by atoms with Crippen LogP contribution in [0.4, 0.5) is 4.79 Å². The van der Waals surface area contributed by atoms with Crippen LogP contribution < -0.4 is 5.32 Å². The van der Waals surface area contributed by atoms with Gasteiger partial charge in [-0.15, -0.1) is 0 Å². The molecule has 0 spiro atoms. The molecule has 0 aromatic heterocycles. The van der Waals surface area contributed by atoms with Crippen molar-refractivity contribution in [1.29, 1.82) is 0 Å². The minimum atomic E-state index is -4.11. The zero-order valence-electron chi connectivity index (χ0n) is 25.6. The van der Waals surface area contributed by atoms with E-state index in [0.29, 0.717) is 52.0 Å². The SMILES string of the molecule is COC(=O)[C@H](CCC(=O)N1CCC(COC(=O)N2CCN(C)CC2)CC1)NC(=O)[C@H]1CCCN1S(=O)(=O)c1cc(Cl)cc(Cl)c1. The molecule has 0 unspecified atom stereocenters. The number of carbonyl (C=O) groups is 4. The molecule has 3 fully saturated rings. The molecule has 1 aromatic carbocycles. The lowest BCUT2D eigenvalue weighted by atomic mass is 9.97. The van der Waals surface area contributed by atoms with Crippen LogP contribution in [0.25, 0.3) is 0 Å². The van der Waals surface area contributed by atoms with Gasteiger partial charge in [-0.25, -0.2) is 18.0 Å². The highest BCUT2D eigenvalue weighted by molar-refractivity contribution is 7.89. The van der Waals surface area contributed by atoms with Gasteiger partial charge in [0, 0.05) is 62.3 Å². The Hall–Kier alpha value is -2.65. The Morgan fingerprint density at radius 2 is 1.58 bits per heavy atom. The van der Waals surface area contributed by atoms with Crippen molar-refractivity contribution in [2.24, 2.45) is 5.92 Å². The number of nitrogens with zero attached hydrogens (tertiary/aromatic N) is 4. The number of sulfonamides is 1. The van der Waals surface area contributed by atoms with Crippen molar-refractivity contribution in [1.82, 2.24) is 24.3 Å². The van der Waals surface area contributed by atoms with Gasteiger partial charge in [0.2, 0.25) is 21.8 Å². The Balaban J connectivity index is 1.26. The van der Waals surface area contributed by atoms with Crippen molar-refractivity contribution in [3.63, 3.8) is 0 Å². The molecule has 4 rings (SSSR count). The number of benzene rings is 1. The van der Waals surface area contributed by atoms with E-state index in [1.165, 1.54) is 25.3 Å². The van der Waals surface area contributed by atoms with Gasteiger partial charge in [-0.3, -0.25) is 9.59 Å². The molecule has 3 aliphatic rings. The molecular formula is C29H41Cl2N5O8S. The predicted molar refractivity (Wildman–Crippen MR) is 166 cm³/mol. The summed E-state index contributed by atoms with van der Waals surface area (Å²) in [7, 11) is -0.909. The van der Waals surface area contributed by atoms with E-state index in [2.05, 4.69) is 10.2 Å². The minimum absolute atomic E-state index is 0.0107. The second-order valence-electron chi connectivity index (χ2n) is 11.7. The summed E-state index contributed by atoms with van der Waals surface area (Å²) in [5.74, 6) is -1.40. The Morgan fingerprint density at radius 1 is 0.933 bits per heavy atom. The fraction of sp³-hybridized carbons (Fsp3) is 0.655. The number of rotatable bonds is 10. The molecule has 2 atom stereocenters. The largest absolute Gasteiger partial charge is 0.467 e. The van der Waals surface area contributed by atoms with E-state index in [4.69, 9.17) is 32.7 Å². The third-order valence-corrected chi connectivity index (χ3v) is 10.9. The van der Waals surface area contributed by atoms with Crippen LogP contribution in [0.2, 0.25) is 10.0 Å². The number of piperazine rings is 1. The first-order chi connectivity index (χ1) is 21.4. The number of piperidine rings is 1. The van der Waals surface area contributed by atoms with Gasteiger partial charge < -0.3 is 29.5 Å². The number of esters is 1. The van der Waals surface area contributed by atoms with Gasteiger partial charge in [-0.1, -0.05) is 23.2 Å². The molecule has 3 saturated heterocycles. The average molecular weight is 691 g/mol. The number of carbonyl (C=O) groups excluding carboxylic acids is 4. The molecule has 45 heavy (non-hydrogen) atoms. The van der Waals surface area contributed by atoms with Crippen molar-refractivity contribution < 1.29 is 37.1 Å². The molecule has 0 aliphatic carbocycles. The van der Waals surface area contributed by atoms with Crippen LogP contribution in [0, 0.1) is 5.92 Å². The summed E-state index contributed by atoms with van der Waals surface area (Å²) in [4.78, 5) is 56.7. The maximum absolute atomic E-state index is 13.4. The summed E-state index contributed by atoms with van der Waals surface area (Å²) in [6.07, 6.45) is 1.74. The number of halogens is 2. The van der Waals surface area contributed by atoms with E-state index in [1.807, 2.05) is 7.05 Å². The molecule has 3 heterocycles. The first-order valence-corrected chi connectivity index (χ1v) is 17.3. The number of amides is 3. The van der Waals surface area contributed by atoms with Crippen molar-refractivity contribution in [2.45, 2.75) is 55.5 Å². The molecule has 250 valence electrons. The lowest BCUT2D eigenvalue weighted by Crippen LogP contribution is -2.51. The number of nitrogens with one attached hydrogen (secondary N) is 1. The fourth-order valence-electron chi connectivity index (χ4n) is 5.81. The Labute approximate surface area is 274 Å². The van der Waals surface area contributed by atoms with Crippen LogP contribution in [0.3, 0.4) is 0 Å². The zero-order chi connectivity index (χ0) is 32.7. The molecule has 1 N–H and O–H groups in total. The van der Waals surface area contributed by atoms with Gasteiger partial charge >= 0.3 is 12.1 Å². The van der Waals surface area contributed by atoms with Crippen LogP contribution in [-0.4, -0.2) is 130 Å². The maximum atomic E-state index is 13.4. The highest BCUT2D eigenvalue weighted by atomic mass is 35.5. The van der Waals surface area contributed by atoms with Crippen LogP contribution in [-0.2, 0) is 33.9 Å². The molecule has 0 saturated carbocycles. The summed E-state index contributed by atoms with van der Waals surface area (Å²) in [5.41, 5.74) is 0. The van der Waals surface area contributed by atoms with Crippen molar-refractivity contribution in [3.05, 3.63) is 28.2 Å². The molecular weight excluding hydrogens is 649 g/mol. The monoisotopic (exact) mass is 689 g/mol. The number of methoxy groups -OCH3 is 1. The Morgan fingerprint density at radius 3 is 2.20 bits per heavy atom. The summed E-state index contributed by atoms with van der Waals surface area (Å²) in [6.45, 7) is 4.32. The quantitative estimate of drug-likeness (QED) is 0.366. The zero-order valence-corrected chi connectivity index (χ0v) is 27.9. The fourth-order valence-corrected chi connectivity index (χ4v) is 8.19. The average Bonchev–Trinajstić information content (AvgIpc) is 3.53. The number of likely N-dealkylation sites (N-methyl/N-ethyl adjacent to an activating group) is 1. The highest BCUT2D eigenvalue weighted by Crippen LogP contribution is 2.30. The molecule has 3 amide bonds. The van der Waals surface area contributed by atoms with Gasteiger partial charge in [-0.05, 0) is 63.3 Å². The lowest BCUT2D eigenvalue weighted by molar-refractivity contribution is -0.146. The van der Waals surface area contributed by atoms with Crippen molar-refractivity contribution in [3.8, 4) is 0 Å². The number of hydrogen-bond acceptors (Lipinski definition) is 9.